The maximum absolute atomic E-state index is 8.85. The molecule has 0 fully saturated rings. The van der Waals surface area contributed by atoms with Gasteiger partial charge in [0.1, 0.15) is 0 Å². The first-order valence-electron chi connectivity index (χ1n) is 3.99. The Morgan fingerprint density at radius 2 is 1.92 bits per heavy atom. The van der Waals surface area contributed by atoms with Gasteiger partial charge in [0.15, 0.2) is 0 Å². The first-order chi connectivity index (χ1) is 6.31. The summed E-state index contributed by atoms with van der Waals surface area (Å²) in [5, 5.41) is 10.8. The molecule has 62 valence electrons. The summed E-state index contributed by atoms with van der Waals surface area (Å²) in [4.78, 5) is 0. The Kier molecular flexibility index (Phi) is 1.64. The lowest BCUT2D eigenvalue weighted by molar-refractivity contribution is 1.50. The van der Waals surface area contributed by atoms with Crippen molar-refractivity contribution in [1.82, 2.24) is 0 Å². The molecule has 2 nitrogen and oxygen atoms in total. The number of benzene rings is 2. The van der Waals surface area contributed by atoms with Gasteiger partial charge in [0.2, 0.25) is 0 Å². The molecular formula is C11H8N2. The third-order valence-corrected chi connectivity index (χ3v) is 2.00. The third-order valence-electron chi connectivity index (χ3n) is 2.00. The molecule has 0 saturated carbocycles. The molecule has 2 aromatic rings. The molecular weight excluding hydrogens is 160 g/mol. The van der Waals surface area contributed by atoms with Gasteiger partial charge in [-0.15, -0.1) is 0 Å². The molecule has 2 rings (SSSR count). The first-order valence-corrected chi connectivity index (χ1v) is 3.99. The van der Waals surface area contributed by atoms with Crippen LogP contribution in [-0.4, -0.2) is 0 Å². The number of fused-ring (bicyclic) bond motifs is 1. The van der Waals surface area contributed by atoms with E-state index in [9.17, 15) is 0 Å². The summed E-state index contributed by atoms with van der Waals surface area (Å²) in [6.07, 6.45) is 0. The molecule has 0 spiro atoms. The van der Waals surface area contributed by atoms with Gasteiger partial charge in [0.25, 0.3) is 0 Å². The highest BCUT2D eigenvalue weighted by Crippen LogP contribution is 2.21. The molecule has 2 aromatic carbocycles. The van der Waals surface area contributed by atoms with Crippen molar-refractivity contribution in [3.63, 3.8) is 0 Å². The van der Waals surface area contributed by atoms with Crippen LogP contribution in [0.2, 0.25) is 0 Å². The zero-order valence-corrected chi connectivity index (χ0v) is 6.99. The van der Waals surface area contributed by atoms with Crippen LogP contribution in [-0.2, 0) is 0 Å². The Hall–Kier alpha value is -2.01. The van der Waals surface area contributed by atoms with E-state index in [1.54, 1.807) is 6.07 Å². The average Bonchev–Trinajstić information content (AvgIpc) is 2.16. The van der Waals surface area contributed by atoms with Crippen molar-refractivity contribution in [3.05, 3.63) is 42.0 Å². The Morgan fingerprint density at radius 3 is 2.69 bits per heavy atom. The summed E-state index contributed by atoms with van der Waals surface area (Å²) in [7, 11) is 0. The zero-order valence-electron chi connectivity index (χ0n) is 6.99. The molecule has 2 heteroatoms. The number of nitrogen functional groups attached to an aromatic ring is 1. The second-order valence-corrected chi connectivity index (χ2v) is 2.90. The molecule has 2 N–H and O–H groups in total. The van der Waals surface area contributed by atoms with Gasteiger partial charge in [0, 0.05) is 5.69 Å². The number of rotatable bonds is 0. The normalized spacial score (nSPS) is 9.77. The van der Waals surface area contributed by atoms with Crippen molar-refractivity contribution in [2.45, 2.75) is 0 Å². The van der Waals surface area contributed by atoms with Crippen molar-refractivity contribution in [1.29, 1.82) is 5.26 Å². The van der Waals surface area contributed by atoms with E-state index < -0.39 is 0 Å². The van der Waals surface area contributed by atoms with E-state index >= 15 is 0 Å². The summed E-state index contributed by atoms with van der Waals surface area (Å²) in [6.45, 7) is 0. The van der Waals surface area contributed by atoms with E-state index in [0.717, 1.165) is 10.8 Å². The molecule has 0 aliphatic rings. The van der Waals surface area contributed by atoms with Gasteiger partial charge in [-0.25, -0.2) is 0 Å². The van der Waals surface area contributed by atoms with Gasteiger partial charge in [0.05, 0.1) is 11.6 Å². The van der Waals surface area contributed by atoms with Crippen LogP contribution in [0.4, 0.5) is 5.69 Å². The SMILES string of the molecule is N#Cc1cc(N)cc2ccccc12. The van der Waals surface area contributed by atoms with E-state index in [-0.39, 0.29) is 0 Å². The summed E-state index contributed by atoms with van der Waals surface area (Å²) >= 11 is 0. The molecule has 0 heterocycles. The largest absolute Gasteiger partial charge is 0.399 e. The topological polar surface area (TPSA) is 49.8 Å². The molecule has 0 unspecified atom stereocenters. The fourth-order valence-electron chi connectivity index (χ4n) is 1.43. The number of anilines is 1. The lowest BCUT2D eigenvalue weighted by atomic mass is 10.0. The monoisotopic (exact) mass is 168 g/mol. The second kappa shape index (κ2) is 2.80. The number of nitrogens with two attached hydrogens (primary N) is 1. The molecule has 13 heavy (non-hydrogen) atoms. The van der Waals surface area contributed by atoms with E-state index in [1.807, 2.05) is 30.3 Å². The fraction of sp³-hybridized carbons (Fsp3) is 0. The lowest BCUT2D eigenvalue weighted by Gasteiger charge is -2.00. The van der Waals surface area contributed by atoms with Crippen LogP contribution in [0.15, 0.2) is 36.4 Å². The van der Waals surface area contributed by atoms with Crippen LogP contribution >= 0.6 is 0 Å². The third kappa shape index (κ3) is 1.21. The molecule has 0 amide bonds. The van der Waals surface area contributed by atoms with Crippen molar-refractivity contribution in [2.75, 3.05) is 5.73 Å². The predicted octanol–water partition coefficient (Wildman–Crippen LogP) is 2.29. The van der Waals surface area contributed by atoms with Gasteiger partial charge in [-0.2, -0.15) is 5.26 Å². The van der Waals surface area contributed by atoms with E-state index in [0.29, 0.717) is 11.3 Å². The highest BCUT2D eigenvalue weighted by atomic mass is 14.5. The standard InChI is InChI=1S/C11H8N2/c12-7-9-6-10(13)5-8-3-1-2-4-11(8)9/h1-6H,13H2. The zero-order chi connectivity index (χ0) is 9.26. The van der Waals surface area contributed by atoms with Gasteiger partial charge in [-0.05, 0) is 22.9 Å². The van der Waals surface area contributed by atoms with Gasteiger partial charge < -0.3 is 5.73 Å². The van der Waals surface area contributed by atoms with Gasteiger partial charge in [-0.1, -0.05) is 24.3 Å². The minimum atomic E-state index is 0.634. The second-order valence-electron chi connectivity index (χ2n) is 2.90. The molecule has 0 bridgehead atoms. The first kappa shape index (κ1) is 7.63. The summed E-state index contributed by atoms with van der Waals surface area (Å²) < 4.78 is 0. The van der Waals surface area contributed by atoms with Gasteiger partial charge in [-0.3, -0.25) is 0 Å². The van der Waals surface area contributed by atoms with Crippen LogP contribution in [0, 0.1) is 11.3 Å². The van der Waals surface area contributed by atoms with Crippen LogP contribution < -0.4 is 5.73 Å². The Bertz CT molecular complexity index is 495. The minimum Gasteiger partial charge on any atom is -0.399 e. The highest BCUT2D eigenvalue weighted by Gasteiger charge is 2.00. The molecule has 0 saturated heterocycles. The van der Waals surface area contributed by atoms with Crippen LogP contribution in [0.1, 0.15) is 5.56 Å². The van der Waals surface area contributed by atoms with Crippen molar-refractivity contribution in [2.24, 2.45) is 0 Å². The molecule has 0 atom stereocenters. The van der Waals surface area contributed by atoms with E-state index in [4.69, 9.17) is 11.0 Å². The fourth-order valence-corrected chi connectivity index (χ4v) is 1.43. The summed E-state index contributed by atoms with van der Waals surface area (Å²) in [5.41, 5.74) is 6.92. The Balaban J connectivity index is 2.91. The van der Waals surface area contributed by atoms with E-state index in [1.165, 1.54) is 0 Å². The Morgan fingerprint density at radius 1 is 1.15 bits per heavy atom. The quantitative estimate of drug-likeness (QED) is 0.613. The number of hydrogen-bond acceptors (Lipinski definition) is 2. The molecule has 0 aliphatic heterocycles. The summed E-state index contributed by atoms with van der Waals surface area (Å²) in [6, 6.07) is 13.4. The van der Waals surface area contributed by atoms with Crippen LogP contribution in [0.25, 0.3) is 10.8 Å². The number of nitrogens with zero attached hydrogens (tertiary/aromatic N) is 1. The minimum absolute atomic E-state index is 0.634. The number of nitriles is 1. The average molecular weight is 168 g/mol. The highest BCUT2D eigenvalue weighted by molar-refractivity contribution is 5.90. The summed E-state index contributed by atoms with van der Waals surface area (Å²) in [5.74, 6) is 0. The van der Waals surface area contributed by atoms with Crippen molar-refractivity contribution in [3.8, 4) is 6.07 Å². The maximum Gasteiger partial charge on any atom is 0.0998 e. The molecule has 0 radical (unpaired) electrons. The predicted molar refractivity (Wildman–Crippen MR) is 53.1 cm³/mol. The van der Waals surface area contributed by atoms with Crippen molar-refractivity contribution >= 4 is 16.5 Å². The molecule has 0 aromatic heterocycles. The van der Waals surface area contributed by atoms with Crippen LogP contribution in [0.3, 0.4) is 0 Å². The smallest absolute Gasteiger partial charge is 0.0998 e. The van der Waals surface area contributed by atoms with E-state index in [2.05, 4.69) is 6.07 Å². The van der Waals surface area contributed by atoms with Crippen molar-refractivity contribution < 1.29 is 0 Å². The lowest BCUT2D eigenvalue weighted by Crippen LogP contribution is -1.87. The maximum atomic E-state index is 8.85. The number of hydrogen-bond donors (Lipinski definition) is 1. The van der Waals surface area contributed by atoms with Gasteiger partial charge >= 0.3 is 0 Å². The van der Waals surface area contributed by atoms with Crippen LogP contribution in [0.5, 0.6) is 0 Å². The molecule has 0 aliphatic carbocycles. The Labute approximate surface area is 76.2 Å².